The van der Waals surface area contributed by atoms with Gasteiger partial charge in [-0.2, -0.15) is 5.26 Å². The van der Waals surface area contributed by atoms with Crippen molar-refractivity contribution in [1.29, 1.82) is 5.26 Å². The normalized spacial score (nSPS) is 17.4. The van der Waals surface area contributed by atoms with E-state index in [0.717, 1.165) is 17.5 Å². The molecule has 4 heteroatoms. The predicted molar refractivity (Wildman–Crippen MR) is 62.3 cm³/mol. The van der Waals surface area contributed by atoms with Crippen molar-refractivity contribution in [3.8, 4) is 6.07 Å². The van der Waals surface area contributed by atoms with Gasteiger partial charge in [-0.1, -0.05) is 0 Å². The molecular formula is C13H11N3O. The van der Waals surface area contributed by atoms with Gasteiger partial charge in [-0.05, 0) is 37.5 Å². The highest BCUT2D eigenvalue weighted by Crippen LogP contribution is 2.43. The minimum Gasteiger partial charge on any atom is -0.345 e. The maximum Gasteiger partial charge on any atom is 0.183 e. The Bertz CT molecular complexity index is 631. The lowest BCUT2D eigenvalue weighted by Crippen LogP contribution is -2.36. The number of Topliss-reactive ketones (excluding diaryl/α,β-unsaturated/α-hetero) is 1. The Kier molecular flexibility index (Phi) is 2.02. The van der Waals surface area contributed by atoms with E-state index in [1.165, 1.54) is 0 Å². The third-order valence-corrected chi connectivity index (χ3v) is 3.54. The van der Waals surface area contributed by atoms with Crippen LogP contribution in [-0.2, 0) is 0 Å². The molecule has 3 rings (SSSR count). The number of imidazole rings is 1. The third-order valence-electron chi connectivity index (χ3n) is 3.54. The summed E-state index contributed by atoms with van der Waals surface area (Å²) in [5.41, 5.74) is 1.50. The van der Waals surface area contributed by atoms with Gasteiger partial charge in [0.1, 0.15) is 5.41 Å². The van der Waals surface area contributed by atoms with Crippen LogP contribution < -0.4 is 0 Å². The molecule has 0 amide bonds. The third kappa shape index (κ3) is 1.36. The van der Waals surface area contributed by atoms with Crippen LogP contribution >= 0.6 is 0 Å². The Morgan fingerprint density at radius 2 is 2.29 bits per heavy atom. The number of aromatic nitrogens is 2. The average molecular weight is 225 g/mol. The van der Waals surface area contributed by atoms with Crippen molar-refractivity contribution in [3.63, 3.8) is 0 Å². The van der Waals surface area contributed by atoms with Gasteiger partial charge in [0.05, 0.1) is 23.4 Å². The first-order chi connectivity index (χ1) is 8.25. The van der Waals surface area contributed by atoms with Gasteiger partial charge in [0, 0.05) is 5.56 Å². The first-order valence-electron chi connectivity index (χ1n) is 5.64. The molecule has 1 aliphatic rings. The number of carbonyl (C=O) groups is 1. The number of benzene rings is 1. The summed E-state index contributed by atoms with van der Waals surface area (Å²) in [4.78, 5) is 19.4. The van der Waals surface area contributed by atoms with Crippen LogP contribution in [-0.4, -0.2) is 15.8 Å². The monoisotopic (exact) mass is 225 g/mol. The maximum atomic E-state index is 12.3. The number of nitrogens with zero attached hydrogens (tertiary/aromatic N) is 2. The van der Waals surface area contributed by atoms with E-state index in [-0.39, 0.29) is 5.78 Å². The summed E-state index contributed by atoms with van der Waals surface area (Å²) in [6, 6.07) is 7.52. The van der Waals surface area contributed by atoms with E-state index in [9.17, 15) is 4.79 Å². The van der Waals surface area contributed by atoms with Crippen LogP contribution in [0.1, 0.15) is 29.6 Å². The number of H-pyrrole nitrogens is 1. The van der Waals surface area contributed by atoms with Crippen molar-refractivity contribution < 1.29 is 4.79 Å². The van der Waals surface area contributed by atoms with Gasteiger partial charge in [-0.25, -0.2) is 4.98 Å². The van der Waals surface area contributed by atoms with Crippen LogP contribution in [0.2, 0.25) is 0 Å². The highest BCUT2D eigenvalue weighted by Gasteiger charge is 2.44. The predicted octanol–water partition coefficient (Wildman–Crippen LogP) is 2.44. The fraction of sp³-hybridized carbons (Fsp3) is 0.308. The quantitative estimate of drug-likeness (QED) is 0.798. The number of nitrogens with one attached hydrogen (secondary N) is 1. The van der Waals surface area contributed by atoms with Crippen LogP contribution in [0, 0.1) is 16.7 Å². The Hall–Kier alpha value is -2.15. The minimum atomic E-state index is -0.770. The van der Waals surface area contributed by atoms with E-state index < -0.39 is 5.41 Å². The molecule has 0 saturated heterocycles. The SMILES string of the molecule is N#CC1(C(=O)c2ccc3nc[nH]c3c2)CCC1. The Morgan fingerprint density at radius 1 is 1.47 bits per heavy atom. The highest BCUT2D eigenvalue weighted by atomic mass is 16.1. The molecular weight excluding hydrogens is 214 g/mol. The molecule has 1 N–H and O–H groups in total. The number of aromatic amines is 1. The Balaban J connectivity index is 2.03. The molecule has 0 radical (unpaired) electrons. The molecule has 0 atom stereocenters. The van der Waals surface area contributed by atoms with Crippen molar-refractivity contribution in [2.45, 2.75) is 19.3 Å². The second-order valence-electron chi connectivity index (χ2n) is 4.51. The summed E-state index contributed by atoms with van der Waals surface area (Å²) in [6.07, 6.45) is 3.93. The summed E-state index contributed by atoms with van der Waals surface area (Å²) >= 11 is 0. The molecule has 4 nitrogen and oxygen atoms in total. The minimum absolute atomic E-state index is 0.0530. The Labute approximate surface area is 98.3 Å². The molecule has 0 spiro atoms. The summed E-state index contributed by atoms with van der Waals surface area (Å²) in [5, 5.41) is 9.15. The van der Waals surface area contributed by atoms with Crippen LogP contribution in [0.5, 0.6) is 0 Å². The van der Waals surface area contributed by atoms with Crippen molar-refractivity contribution in [2.75, 3.05) is 0 Å². The summed E-state index contributed by atoms with van der Waals surface area (Å²) in [7, 11) is 0. The molecule has 17 heavy (non-hydrogen) atoms. The number of rotatable bonds is 2. The average Bonchev–Trinajstić information content (AvgIpc) is 2.74. The molecule has 0 bridgehead atoms. The molecule has 1 aromatic heterocycles. The maximum absolute atomic E-state index is 12.3. The largest absolute Gasteiger partial charge is 0.345 e. The molecule has 1 aliphatic carbocycles. The van der Waals surface area contributed by atoms with Crippen LogP contribution in [0.15, 0.2) is 24.5 Å². The highest BCUT2D eigenvalue weighted by molar-refractivity contribution is 6.04. The van der Waals surface area contributed by atoms with Crippen molar-refractivity contribution in [2.24, 2.45) is 5.41 Å². The zero-order chi connectivity index (χ0) is 11.9. The van der Waals surface area contributed by atoms with Gasteiger partial charge in [-0.3, -0.25) is 4.79 Å². The van der Waals surface area contributed by atoms with E-state index in [1.54, 1.807) is 18.5 Å². The van der Waals surface area contributed by atoms with Gasteiger partial charge < -0.3 is 4.98 Å². The molecule has 2 aromatic rings. The van der Waals surface area contributed by atoms with Crippen molar-refractivity contribution in [3.05, 3.63) is 30.1 Å². The topological polar surface area (TPSA) is 69.5 Å². The molecule has 0 aliphatic heterocycles. The van der Waals surface area contributed by atoms with E-state index in [2.05, 4.69) is 16.0 Å². The second-order valence-corrected chi connectivity index (χ2v) is 4.51. The van der Waals surface area contributed by atoms with Gasteiger partial charge in [0.2, 0.25) is 0 Å². The molecule has 84 valence electrons. The molecule has 0 unspecified atom stereocenters. The fourth-order valence-electron chi connectivity index (χ4n) is 2.27. The summed E-state index contributed by atoms with van der Waals surface area (Å²) < 4.78 is 0. The zero-order valence-electron chi connectivity index (χ0n) is 9.23. The zero-order valence-corrected chi connectivity index (χ0v) is 9.23. The van der Waals surface area contributed by atoms with Gasteiger partial charge in [0.25, 0.3) is 0 Å². The molecule has 1 saturated carbocycles. The number of hydrogen-bond acceptors (Lipinski definition) is 3. The molecule has 1 aromatic carbocycles. The molecule has 1 fully saturated rings. The first-order valence-corrected chi connectivity index (χ1v) is 5.64. The van der Waals surface area contributed by atoms with E-state index in [4.69, 9.17) is 5.26 Å². The van der Waals surface area contributed by atoms with Crippen LogP contribution in [0.3, 0.4) is 0 Å². The van der Waals surface area contributed by atoms with Gasteiger partial charge in [-0.15, -0.1) is 0 Å². The number of carbonyl (C=O) groups excluding carboxylic acids is 1. The fourth-order valence-corrected chi connectivity index (χ4v) is 2.27. The summed E-state index contributed by atoms with van der Waals surface area (Å²) in [6.45, 7) is 0. The van der Waals surface area contributed by atoms with Crippen molar-refractivity contribution in [1.82, 2.24) is 9.97 Å². The number of fused-ring (bicyclic) bond motifs is 1. The lowest BCUT2D eigenvalue weighted by Gasteiger charge is -2.33. The number of hydrogen-bond donors (Lipinski definition) is 1. The van der Waals surface area contributed by atoms with Gasteiger partial charge in [0.15, 0.2) is 5.78 Å². The Morgan fingerprint density at radius 3 is 2.94 bits per heavy atom. The van der Waals surface area contributed by atoms with Gasteiger partial charge >= 0.3 is 0 Å². The summed E-state index contributed by atoms with van der Waals surface area (Å²) in [5.74, 6) is -0.0530. The lowest BCUT2D eigenvalue weighted by molar-refractivity contribution is 0.0748. The number of ketones is 1. The van der Waals surface area contributed by atoms with Crippen molar-refractivity contribution >= 4 is 16.8 Å². The van der Waals surface area contributed by atoms with E-state index in [0.29, 0.717) is 18.4 Å². The standard InChI is InChI=1S/C13H11N3O/c14-7-13(4-1-5-13)12(17)9-2-3-10-11(6-9)16-8-15-10/h2-3,6,8H,1,4-5H2,(H,15,16). The van der Waals surface area contributed by atoms with E-state index in [1.807, 2.05) is 6.07 Å². The smallest absolute Gasteiger partial charge is 0.183 e. The number of nitriles is 1. The lowest BCUT2D eigenvalue weighted by atomic mass is 9.65. The van der Waals surface area contributed by atoms with E-state index >= 15 is 0 Å². The van der Waals surface area contributed by atoms with Crippen LogP contribution in [0.4, 0.5) is 0 Å². The van der Waals surface area contributed by atoms with Crippen LogP contribution in [0.25, 0.3) is 11.0 Å². The molecule has 1 heterocycles. The second kappa shape index (κ2) is 3.42. The first kappa shape index (κ1) is 10.0.